The van der Waals surface area contributed by atoms with Crippen LogP contribution in [0.5, 0.6) is 0 Å². The van der Waals surface area contributed by atoms with Gasteiger partial charge in [-0.3, -0.25) is 10.1 Å². The van der Waals surface area contributed by atoms with Gasteiger partial charge in [-0.15, -0.1) is 11.3 Å². The van der Waals surface area contributed by atoms with Gasteiger partial charge in [-0.2, -0.15) is 4.31 Å². The predicted octanol–water partition coefficient (Wildman–Crippen LogP) is 4.08. The zero-order valence-corrected chi connectivity index (χ0v) is 18.0. The quantitative estimate of drug-likeness (QED) is 0.696. The summed E-state index contributed by atoms with van der Waals surface area (Å²) in [6.07, 6.45) is 6.08. The van der Waals surface area contributed by atoms with E-state index in [4.69, 9.17) is 0 Å². The van der Waals surface area contributed by atoms with Crippen molar-refractivity contribution >= 4 is 32.4 Å². The first-order valence-corrected chi connectivity index (χ1v) is 12.1. The highest BCUT2D eigenvalue weighted by molar-refractivity contribution is 7.89. The Morgan fingerprint density at radius 3 is 2.54 bits per heavy atom. The summed E-state index contributed by atoms with van der Waals surface area (Å²) >= 11 is 1.53. The lowest BCUT2D eigenvalue weighted by Crippen LogP contribution is -2.31. The van der Waals surface area contributed by atoms with E-state index in [0.717, 1.165) is 37.8 Å². The molecule has 0 saturated heterocycles. The van der Waals surface area contributed by atoms with Crippen molar-refractivity contribution in [1.29, 1.82) is 0 Å². The number of anilines is 1. The number of carbonyl (C=O) groups excluding carboxylic acids is 1. The fraction of sp³-hybridized carbons (Fsp3) is 0.500. The number of benzene rings is 1. The van der Waals surface area contributed by atoms with E-state index in [2.05, 4.69) is 10.3 Å². The van der Waals surface area contributed by atoms with Crippen molar-refractivity contribution in [2.24, 2.45) is 0 Å². The van der Waals surface area contributed by atoms with Crippen molar-refractivity contribution in [3.63, 3.8) is 0 Å². The van der Waals surface area contributed by atoms with Crippen LogP contribution in [0.15, 0.2) is 29.2 Å². The van der Waals surface area contributed by atoms with Gasteiger partial charge in [0.2, 0.25) is 10.0 Å². The summed E-state index contributed by atoms with van der Waals surface area (Å²) in [5, 5.41) is 3.46. The maximum atomic E-state index is 12.8. The Balaban J connectivity index is 1.71. The Morgan fingerprint density at radius 1 is 1.18 bits per heavy atom. The van der Waals surface area contributed by atoms with Crippen LogP contribution in [0.2, 0.25) is 0 Å². The third kappa shape index (κ3) is 4.61. The van der Waals surface area contributed by atoms with Gasteiger partial charge < -0.3 is 0 Å². The van der Waals surface area contributed by atoms with E-state index in [-0.39, 0.29) is 10.8 Å². The smallest absolute Gasteiger partial charge is 0.257 e. The van der Waals surface area contributed by atoms with Gasteiger partial charge in [0.1, 0.15) is 0 Å². The normalized spacial score (nSPS) is 14.1. The monoisotopic (exact) mass is 421 g/mol. The molecule has 28 heavy (non-hydrogen) atoms. The lowest BCUT2D eigenvalue weighted by Gasteiger charge is -2.20. The van der Waals surface area contributed by atoms with Gasteiger partial charge in [-0.25, -0.2) is 13.4 Å². The molecule has 0 spiro atoms. The molecule has 0 radical (unpaired) electrons. The highest BCUT2D eigenvalue weighted by Gasteiger charge is 2.23. The number of hydrogen-bond donors (Lipinski definition) is 1. The number of rotatable bonds is 8. The minimum atomic E-state index is -3.54. The number of amides is 1. The standard InChI is InChI=1S/C20H27N3O3S2/c1-3-5-14-23(4-2)28(25,26)16-12-10-15(11-13-16)19(24)22-20-21-17-8-6-7-9-18(17)27-20/h10-13H,3-9,14H2,1-2H3,(H,21,22,24). The second-order valence-electron chi connectivity index (χ2n) is 6.92. The second-order valence-corrected chi connectivity index (χ2v) is 9.95. The summed E-state index contributed by atoms with van der Waals surface area (Å²) in [5.41, 5.74) is 1.52. The third-order valence-electron chi connectivity index (χ3n) is 4.93. The number of aryl methyl sites for hydroxylation is 2. The summed E-state index contributed by atoms with van der Waals surface area (Å²) < 4.78 is 27.0. The minimum absolute atomic E-state index is 0.215. The summed E-state index contributed by atoms with van der Waals surface area (Å²) in [4.78, 5) is 18.5. The second kappa shape index (κ2) is 9.15. The molecule has 0 atom stereocenters. The average Bonchev–Trinajstić information content (AvgIpc) is 3.10. The summed E-state index contributed by atoms with van der Waals surface area (Å²) in [6, 6.07) is 6.13. The first-order chi connectivity index (χ1) is 13.5. The molecule has 2 aromatic rings. The number of thiazole rings is 1. The van der Waals surface area contributed by atoms with E-state index in [1.54, 1.807) is 12.1 Å². The molecule has 0 bridgehead atoms. The van der Waals surface area contributed by atoms with Gasteiger partial charge in [0, 0.05) is 23.5 Å². The maximum Gasteiger partial charge on any atom is 0.257 e. The van der Waals surface area contributed by atoms with Crippen molar-refractivity contribution in [2.45, 2.75) is 57.3 Å². The van der Waals surface area contributed by atoms with Crippen LogP contribution in [0.3, 0.4) is 0 Å². The highest BCUT2D eigenvalue weighted by atomic mass is 32.2. The van der Waals surface area contributed by atoms with E-state index >= 15 is 0 Å². The van der Waals surface area contributed by atoms with Crippen LogP contribution >= 0.6 is 11.3 Å². The molecule has 0 fully saturated rings. The van der Waals surface area contributed by atoms with Crippen molar-refractivity contribution in [1.82, 2.24) is 9.29 Å². The molecule has 0 unspecified atom stereocenters. The molecular weight excluding hydrogens is 394 g/mol. The summed E-state index contributed by atoms with van der Waals surface area (Å²) in [7, 11) is -3.54. The number of fused-ring (bicyclic) bond motifs is 1. The van der Waals surface area contributed by atoms with E-state index in [0.29, 0.717) is 23.8 Å². The lowest BCUT2D eigenvalue weighted by atomic mass is 10.0. The van der Waals surface area contributed by atoms with Crippen LogP contribution in [0, 0.1) is 0 Å². The largest absolute Gasteiger partial charge is 0.298 e. The van der Waals surface area contributed by atoms with Crippen molar-refractivity contribution in [3.8, 4) is 0 Å². The van der Waals surface area contributed by atoms with Gasteiger partial charge in [0.05, 0.1) is 10.6 Å². The number of hydrogen-bond acceptors (Lipinski definition) is 5. The van der Waals surface area contributed by atoms with Crippen molar-refractivity contribution in [3.05, 3.63) is 40.4 Å². The van der Waals surface area contributed by atoms with Crippen LogP contribution in [0.25, 0.3) is 0 Å². The Morgan fingerprint density at radius 2 is 1.89 bits per heavy atom. The number of sulfonamides is 1. The molecule has 152 valence electrons. The van der Waals surface area contributed by atoms with Gasteiger partial charge in [-0.05, 0) is 56.4 Å². The summed E-state index contributed by atoms with van der Waals surface area (Å²) in [6.45, 7) is 4.81. The van der Waals surface area contributed by atoms with Gasteiger partial charge >= 0.3 is 0 Å². The summed E-state index contributed by atoms with van der Waals surface area (Å²) in [5.74, 6) is -0.270. The molecule has 1 aromatic carbocycles. The Bertz CT molecular complexity index is 897. The first-order valence-electron chi connectivity index (χ1n) is 9.85. The van der Waals surface area contributed by atoms with Crippen molar-refractivity contribution in [2.75, 3.05) is 18.4 Å². The highest BCUT2D eigenvalue weighted by Crippen LogP contribution is 2.29. The molecule has 3 rings (SSSR count). The molecule has 1 amide bonds. The van der Waals surface area contributed by atoms with E-state index < -0.39 is 10.0 Å². The van der Waals surface area contributed by atoms with Crippen LogP contribution in [-0.4, -0.2) is 36.7 Å². The zero-order chi connectivity index (χ0) is 20.1. The number of aromatic nitrogens is 1. The average molecular weight is 422 g/mol. The van der Waals surface area contributed by atoms with Crippen LogP contribution in [0.4, 0.5) is 5.13 Å². The van der Waals surface area contributed by atoms with E-state index in [1.807, 2.05) is 13.8 Å². The topological polar surface area (TPSA) is 79.4 Å². The molecule has 1 heterocycles. The Kier molecular flexibility index (Phi) is 6.85. The molecule has 8 heteroatoms. The molecular formula is C20H27N3O3S2. The Hall–Kier alpha value is -1.77. The molecule has 1 N–H and O–H groups in total. The fourth-order valence-electron chi connectivity index (χ4n) is 3.28. The lowest BCUT2D eigenvalue weighted by molar-refractivity contribution is 0.102. The van der Waals surface area contributed by atoms with Gasteiger partial charge in [0.25, 0.3) is 5.91 Å². The number of carbonyl (C=O) groups is 1. The van der Waals surface area contributed by atoms with Crippen LogP contribution in [-0.2, 0) is 22.9 Å². The molecule has 0 saturated carbocycles. The third-order valence-corrected chi connectivity index (χ3v) is 8.00. The first kappa shape index (κ1) is 21.0. The fourth-order valence-corrected chi connectivity index (χ4v) is 5.82. The predicted molar refractivity (Wildman–Crippen MR) is 112 cm³/mol. The SMILES string of the molecule is CCCCN(CC)S(=O)(=O)c1ccc(C(=O)Nc2nc3c(s2)CCCC3)cc1. The van der Waals surface area contributed by atoms with Gasteiger partial charge in [0.15, 0.2) is 5.13 Å². The van der Waals surface area contributed by atoms with Crippen molar-refractivity contribution < 1.29 is 13.2 Å². The van der Waals surface area contributed by atoms with Crippen LogP contribution in [0.1, 0.15) is 60.5 Å². The molecule has 6 nitrogen and oxygen atoms in total. The number of unbranched alkanes of at least 4 members (excludes halogenated alkanes) is 1. The van der Waals surface area contributed by atoms with E-state index in [9.17, 15) is 13.2 Å². The number of nitrogens with zero attached hydrogens (tertiary/aromatic N) is 2. The molecule has 0 aliphatic heterocycles. The molecule has 1 aromatic heterocycles. The van der Waals surface area contributed by atoms with Crippen LogP contribution < -0.4 is 5.32 Å². The van der Waals surface area contributed by atoms with E-state index in [1.165, 1.54) is 39.1 Å². The zero-order valence-electron chi connectivity index (χ0n) is 16.4. The Labute approximate surface area is 171 Å². The number of nitrogens with one attached hydrogen (secondary N) is 1. The molecule has 1 aliphatic rings. The van der Waals surface area contributed by atoms with Gasteiger partial charge in [-0.1, -0.05) is 20.3 Å². The minimum Gasteiger partial charge on any atom is -0.298 e. The molecule has 1 aliphatic carbocycles. The maximum absolute atomic E-state index is 12.8.